The van der Waals surface area contributed by atoms with Crippen LogP contribution in [0.3, 0.4) is 0 Å². The summed E-state index contributed by atoms with van der Waals surface area (Å²) in [5.74, 6) is 2.81. The molecule has 0 amide bonds. The topological polar surface area (TPSA) is 41.0 Å². The van der Waals surface area contributed by atoms with Gasteiger partial charge in [0.25, 0.3) is 0 Å². The number of piperidine rings is 1. The van der Waals surface area contributed by atoms with Gasteiger partial charge < -0.3 is 10.2 Å². The lowest BCUT2D eigenvalue weighted by atomic mass is 9.89. The molecule has 0 aromatic carbocycles. The number of thiophene rings is 1. The van der Waals surface area contributed by atoms with Crippen molar-refractivity contribution in [2.24, 2.45) is 11.8 Å². The van der Waals surface area contributed by atoms with E-state index in [0.717, 1.165) is 36.3 Å². The molecule has 2 fully saturated rings. The van der Waals surface area contributed by atoms with Gasteiger partial charge in [-0.2, -0.15) is 0 Å². The Morgan fingerprint density at radius 3 is 3.16 bits per heavy atom. The first-order chi connectivity index (χ1) is 9.33. The number of anilines is 1. The largest absolute Gasteiger partial charge is 0.355 e. The summed E-state index contributed by atoms with van der Waals surface area (Å²) < 4.78 is 1.25. The first-order valence-electron chi connectivity index (χ1n) is 6.97. The molecule has 4 heterocycles. The molecule has 5 heteroatoms. The maximum atomic E-state index is 4.56. The maximum Gasteiger partial charge on any atom is 0.150 e. The third-order valence-electron chi connectivity index (χ3n) is 4.52. The van der Waals surface area contributed by atoms with Gasteiger partial charge in [-0.25, -0.2) is 9.97 Å². The highest BCUT2D eigenvalue weighted by Gasteiger charge is 2.33. The summed E-state index contributed by atoms with van der Waals surface area (Å²) in [6.07, 6.45) is 3.00. The molecule has 0 radical (unpaired) electrons. The highest BCUT2D eigenvalue weighted by molar-refractivity contribution is 7.18. The Hall–Kier alpha value is -1.20. The number of hydrogen-bond acceptors (Lipinski definition) is 5. The molecular formula is C14H18N4S. The summed E-state index contributed by atoms with van der Waals surface area (Å²) in [5.41, 5.74) is 2.39. The minimum Gasteiger partial charge on any atom is -0.355 e. The van der Waals surface area contributed by atoms with E-state index in [2.05, 4.69) is 32.5 Å². The smallest absolute Gasteiger partial charge is 0.150 e. The van der Waals surface area contributed by atoms with E-state index in [4.69, 9.17) is 0 Å². The van der Waals surface area contributed by atoms with E-state index in [-0.39, 0.29) is 0 Å². The zero-order valence-electron chi connectivity index (χ0n) is 11.1. The van der Waals surface area contributed by atoms with E-state index in [1.54, 1.807) is 17.7 Å². The van der Waals surface area contributed by atoms with Gasteiger partial charge >= 0.3 is 0 Å². The lowest BCUT2D eigenvalue weighted by Crippen LogP contribution is -2.40. The van der Waals surface area contributed by atoms with Crippen LogP contribution in [-0.2, 0) is 0 Å². The highest BCUT2D eigenvalue weighted by Crippen LogP contribution is 2.35. The zero-order chi connectivity index (χ0) is 12.8. The molecule has 2 saturated heterocycles. The fraction of sp³-hybridized carbons (Fsp3) is 0.571. The molecule has 0 saturated carbocycles. The van der Waals surface area contributed by atoms with Gasteiger partial charge in [-0.05, 0) is 49.2 Å². The van der Waals surface area contributed by atoms with E-state index >= 15 is 0 Å². The SMILES string of the molecule is Cc1csc2c(N3CCC4CNCC4C3)ncnc12. The van der Waals surface area contributed by atoms with Gasteiger partial charge in [0.2, 0.25) is 0 Å². The molecule has 2 aliphatic rings. The van der Waals surface area contributed by atoms with E-state index in [1.165, 1.54) is 29.8 Å². The van der Waals surface area contributed by atoms with Gasteiger partial charge in [-0.3, -0.25) is 0 Å². The van der Waals surface area contributed by atoms with E-state index in [0.29, 0.717) is 0 Å². The van der Waals surface area contributed by atoms with Crippen LogP contribution in [0.1, 0.15) is 12.0 Å². The molecule has 0 bridgehead atoms. The lowest BCUT2D eigenvalue weighted by Gasteiger charge is -2.35. The van der Waals surface area contributed by atoms with E-state index in [9.17, 15) is 0 Å². The fourth-order valence-electron chi connectivity index (χ4n) is 3.41. The molecule has 19 heavy (non-hydrogen) atoms. The number of hydrogen-bond donors (Lipinski definition) is 1. The van der Waals surface area contributed by atoms with Gasteiger partial charge in [-0.15, -0.1) is 11.3 Å². The second-order valence-corrected chi connectivity index (χ2v) is 6.59. The summed E-state index contributed by atoms with van der Waals surface area (Å²) in [7, 11) is 0. The number of aromatic nitrogens is 2. The van der Waals surface area contributed by atoms with Crippen LogP contribution in [0.25, 0.3) is 10.2 Å². The molecule has 0 spiro atoms. The van der Waals surface area contributed by atoms with Gasteiger partial charge in [0.1, 0.15) is 12.1 Å². The van der Waals surface area contributed by atoms with Crippen molar-refractivity contribution in [3.8, 4) is 0 Å². The third-order valence-corrected chi connectivity index (χ3v) is 5.60. The van der Waals surface area contributed by atoms with Crippen molar-refractivity contribution in [2.75, 3.05) is 31.1 Å². The maximum absolute atomic E-state index is 4.56. The summed E-state index contributed by atoms with van der Waals surface area (Å²) in [6.45, 7) is 6.77. The molecule has 2 aliphatic heterocycles. The van der Waals surface area contributed by atoms with E-state index < -0.39 is 0 Å². The minimum atomic E-state index is 0.792. The Kier molecular flexibility index (Phi) is 2.70. The summed E-state index contributed by atoms with van der Waals surface area (Å²) in [4.78, 5) is 11.5. The van der Waals surface area contributed by atoms with Crippen molar-refractivity contribution < 1.29 is 0 Å². The van der Waals surface area contributed by atoms with Crippen LogP contribution in [0.2, 0.25) is 0 Å². The number of fused-ring (bicyclic) bond motifs is 2. The van der Waals surface area contributed by atoms with Crippen molar-refractivity contribution in [3.05, 3.63) is 17.3 Å². The second-order valence-electron chi connectivity index (χ2n) is 5.71. The van der Waals surface area contributed by atoms with Gasteiger partial charge in [0, 0.05) is 13.1 Å². The normalized spacial score (nSPS) is 26.9. The molecule has 2 atom stereocenters. The Morgan fingerprint density at radius 2 is 2.21 bits per heavy atom. The molecule has 4 rings (SSSR count). The van der Waals surface area contributed by atoms with Crippen molar-refractivity contribution in [3.63, 3.8) is 0 Å². The van der Waals surface area contributed by atoms with Crippen molar-refractivity contribution >= 4 is 27.4 Å². The molecule has 0 aliphatic carbocycles. The van der Waals surface area contributed by atoms with Crippen molar-refractivity contribution in [2.45, 2.75) is 13.3 Å². The fourth-order valence-corrected chi connectivity index (χ4v) is 4.43. The predicted octanol–water partition coefficient (Wildman–Crippen LogP) is 2.05. The molecule has 1 N–H and O–H groups in total. The third kappa shape index (κ3) is 1.83. The molecule has 100 valence electrons. The highest BCUT2D eigenvalue weighted by atomic mass is 32.1. The van der Waals surface area contributed by atoms with Crippen LogP contribution in [-0.4, -0.2) is 36.1 Å². The van der Waals surface area contributed by atoms with Gasteiger partial charge in [0.05, 0.1) is 10.2 Å². The van der Waals surface area contributed by atoms with Crippen molar-refractivity contribution in [1.82, 2.24) is 15.3 Å². The number of aryl methyl sites for hydroxylation is 1. The first-order valence-corrected chi connectivity index (χ1v) is 7.85. The van der Waals surface area contributed by atoms with Crippen molar-refractivity contribution in [1.29, 1.82) is 0 Å². The summed E-state index contributed by atoms with van der Waals surface area (Å²) in [5, 5.41) is 5.71. The molecule has 2 unspecified atom stereocenters. The molecular weight excluding hydrogens is 256 g/mol. The van der Waals surface area contributed by atoms with Crippen LogP contribution in [0.5, 0.6) is 0 Å². The quantitative estimate of drug-likeness (QED) is 0.864. The Bertz CT molecular complexity index is 609. The predicted molar refractivity (Wildman–Crippen MR) is 78.8 cm³/mol. The summed E-state index contributed by atoms with van der Waals surface area (Å²) in [6, 6.07) is 0. The van der Waals surface area contributed by atoms with Crippen LogP contribution < -0.4 is 10.2 Å². The van der Waals surface area contributed by atoms with E-state index in [1.807, 2.05) is 0 Å². The number of nitrogens with zero attached hydrogens (tertiary/aromatic N) is 3. The number of rotatable bonds is 1. The zero-order valence-corrected chi connectivity index (χ0v) is 11.9. The van der Waals surface area contributed by atoms with Crippen LogP contribution >= 0.6 is 11.3 Å². The Labute approximate surface area is 116 Å². The standard InChI is InChI=1S/C14H18N4S/c1-9-7-19-13-12(9)16-8-17-14(13)18-3-2-10-4-15-5-11(10)6-18/h7-8,10-11,15H,2-6H2,1H3. The monoisotopic (exact) mass is 274 g/mol. The van der Waals surface area contributed by atoms with Gasteiger partial charge in [0.15, 0.2) is 0 Å². The first kappa shape index (κ1) is 11.6. The summed E-state index contributed by atoms with van der Waals surface area (Å²) >= 11 is 1.78. The lowest BCUT2D eigenvalue weighted by molar-refractivity contribution is 0.348. The Balaban J connectivity index is 1.70. The van der Waals surface area contributed by atoms with Crippen LogP contribution in [0.15, 0.2) is 11.7 Å². The van der Waals surface area contributed by atoms with Gasteiger partial charge in [-0.1, -0.05) is 0 Å². The molecule has 2 aromatic rings. The average molecular weight is 274 g/mol. The van der Waals surface area contributed by atoms with Crippen LogP contribution in [0.4, 0.5) is 5.82 Å². The molecule has 4 nitrogen and oxygen atoms in total. The Morgan fingerprint density at radius 1 is 1.32 bits per heavy atom. The second kappa shape index (κ2) is 4.42. The average Bonchev–Trinajstić information content (AvgIpc) is 3.05. The minimum absolute atomic E-state index is 0.792. The molecule has 2 aromatic heterocycles. The number of nitrogens with one attached hydrogen (secondary N) is 1. The van der Waals surface area contributed by atoms with Crippen LogP contribution in [0, 0.1) is 18.8 Å².